The van der Waals surface area contributed by atoms with Crippen molar-refractivity contribution in [3.8, 4) is 11.5 Å². The Hall–Kier alpha value is -3.48. The first-order valence-corrected chi connectivity index (χ1v) is 9.92. The first-order valence-electron chi connectivity index (χ1n) is 9.92. The van der Waals surface area contributed by atoms with Crippen LogP contribution in [0.3, 0.4) is 0 Å². The van der Waals surface area contributed by atoms with Crippen molar-refractivity contribution >= 4 is 11.9 Å². The number of amides is 1. The standard InChI is InChI=1S/C19H21F2N3O3.C2HF3O2/c1-26-16-9-17(27-11-12-4-6-23-18(21)7-12)14(20)8-13(16)10-24-19(25)15-3-2-5-22-15;3-2(4,5)1(6)7/h4,6-9,15,22H,2-3,5,10-11H2,1H3,(H,24,25);(H,6,7)/t15-;/m0./s1. The van der Waals surface area contributed by atoms with Crippen LogP contribution in [-0.2, 0) is 22.7 Å². The molecule has 3 rings (SSSR count). The predicted molar refractivity (Wildman–Crippen MR) is 108 cm³/mol. The number of hydrogen-bond donors (Lipinski definition) is 3. The molecule has 1 amide bonds. The molecule has 0 saturated carbocycles. The first kappa shape index (κ1) is 26.8. The normalized spacial score (nSPS) is 15.2. The van der Waals surface area contributed by atoms with E-state index in [0.29, 0.717) is 16.9 Å². The van der Waals surface area contributed by atoms with E-state index in [0.717, 1.165) is 19.4 Å². The molecule has 0 spiro atoms. The van der Waals surface area contributed by atoms with E-state index in [-0.39, 0.29) is 30.9 Å². The number of alkyl halides is 3. The summed E-state index contributed by atoms with van der Waals surface area (Å²) in [6, 6.07) is 5.28. The van der Waals surface area contributed by atoms with Crippen molar-refractivity contribution in [2.75, 3.05) is 13.7 Å². The number of carboxylic acid groups (broad SMARTS) is 1. The maximum Gasteiger partial charge on any atom is 0.490 e. The summed E-state index contributed by atoms with van der Waals surface area (Å²) in [4.78, 5) is 24.4. The topological polar surface area (TPSA) is 110 Å². The zero-order valence-corrected chi connectivity index (χ0v) is 17.9. The summed E-state index contributed by atoms with van der Waals surface area (Å²) in [7, 11) is 1.46. The summed E-state index contributed by atoms with van der Waals surface area (Å²) in [6.45, 7) is 0.958. The summed E-state index contributed by atoms with van der Waals surface area (Å²) >= 11 is 0. The second-order valence-corrected chi connectivity index (χ2v) is 7.04. The molecule has 1 aromatic heterocycles. The summed E-state index contributed by atoms with van der Waals surface area (Å²) in [5.41, 5.74) is 1.03. The summed E-state index contributed by atoms with van der Waals surface area (Å²) in [5.74, 6) is -3.71. The molecule has 8 nitrogen and oxygen atoms in total. The van der Waals surface area contributed by atoms with Gasteiger partial charge in [-0.25, -0.2) is 14.2 Å². The molecule has 1 saturated heterocycles. The monoisotopic (exact) mass is 491 g/mol. The summed E-state index contributed by atoms with van der Waals surface area (Å²) in [6.07, 6.45) is -2.01. The van der Waals surface area contributed by atoms with E-state index in [1.54, 1.807) is 6.07 Å². The number of methoxy groups -OCH3 is 1. The third-order valence-electron chi connectivity index (χ3n) is 4.59. The molecule has 2 heterocycles. The molecule has 1 aliphatic heterocycles. The number of carbonyl (C=O) groups excluding carboxylic acids is 1. The Morgan fingerprint density at radius 3 is 2.50 bits per heavy atom. The fraction of sp³-hybridized carbons (Fsp3) is 0.381. The quantitative estimate of drug-likeness (QED) is 0.404. The molecular weight excluding hydrogens is 469 g/mol. The van der Waals surface area contributed by atoms with E-state index in [1.807, 2.05) is 0 Å². The van der Waals surface area contributed by atoms with Gasteiger partial charge in [-0.3, -0.25) is 4.79 Å². The van der Waals surface area contributed by atoms with E-state index in [9.17, 15) is 26.7 Å². The number of hydrogen-bond acceptors (Lipinski definition) is 6. The molecule has 0 aliphatic carbocycles. The van der Waals surface area contributed by atoms with Gasteiger partial charge in [-0.05, 0) is 43.1 Å². The molecule has 1 fully saturated rings. The maximum atomic E-state index is 14.4. The zero-order valence-electron chi connectivity index (χ0n) is 17.9. The Morgan fingerprint density at radius 1 is 1.24 bits per heavy atom. The third-order valence-corrected chi connectivity index (χ3v) is 4.59. The average molecular weight is 491 g/mol. The Balaban J connectivity index is 0.000000509. The van der Waals surface area contributed by atoms with E-state index in [1.165, 1.54) is 31.5 Å². The number of rotatable bonds is 7. The van der Waals surface area contributed by atoms with Gasteiger partial charge in [0.2, 0.25) is 11.9 Å². The van der Waals surface area contributed by atoms with E-state index < -0.39 is 23.9 Å². The molecular formula is C21H22F5N3O5. The molecule has 0 unspecified atom stereocenters. The Labute approximate surface area is 191 Å². The largest absolute Gasteiger partial charge is 0.496 e. The van der Waals surface area contributed by atoms with E-state index >= 15 is 0 Å². The lowest BCUT2D eigenvalue weighted by atomic mass is 10.1. The number of nitrogens with one attached hydrogen (secondary N) is 2. The number of pyridine rings is 1. The van der Waals surface area contributed by atoms with Crippen LogP contribution in [0.5, 0.6) is 11.5 Å². The Morgan fingerprint density at radius 2 is 1.94 bits per heavy atom. The number of halogens is 5. The van der Waals surface area contributed by atoms with Crippen LogP contribution in [0, 0.1) is 11.8 Å². The fourth-order valence-corrected chi connectivity index (χ4v) is 2.92. The van der Waals surface area contributed by atoms with Crippen LogP contribution < -0.4 is 20.1 Å². The van der Waals surface area contributed by atoms with Gasteiger partial charge in [-0.1, -0.05) is 0 Å². The number of aliphatic carboxylic acids is 1. The highest BCUT2D eigenvalue weighted by Gasteiger charge is 2.38. The van der Waals surface area contributed by atoms with Crippen molar-refractivity contribution in [1.29, 1.82) is 0 Å². The summed E-state index contributed by atoms with van der Waals surface area (Å²) in [5, 5.41) is 13.0. The SMILES string of the molecule is COc1cc(OCc2ccnc(F)c2)c(F)cc1CNC(=O)[C@@H]1CCCN1.O=C(O)C(F)(F)F. The number of carbonyl (C=O) groups is 2. The van der Waals surface area contributed by atoms with Crippen LogP contribution >= 0.6 is 0 Å². The number of nitrogens with zero attached hydrogens (tertiary/aromatic N) is 1. The van der Waals surface area contributed by atoms with Crippen LogP contribution in [0.25, 0.3) is 0 Å². The van der Waals surface area contributed by atoms with Gasteiger partial charge in [-0.15, -0.1) is 0 Å². The van der Waals surface area contributed by atoms with Crippen LogP contribution in [0.15, 0.2) is 30.5 Å². The molecule has 1 aliphatic rings. The predicted octanol–water partition coefficient (Wildman–Crippen LogP) is 2.95. The van der Waals surface area contributed by atoms with Crippen molar-refractivity contribution < 1.29 is 46.1 Å². The van der Waals surface area contributed by atoms with Crippen molar-refractivity contribution in [2.24, 2.45) is 0 Å². The minimum Gasteiger partial charge on any atom is -0.496 e. The molecule has 3 N–H and O–H groups in total. The van der Waals surface area contributed by atoms with Gasteiger partial charge >= 0.3 is 12.1 Å². The molecule has 1 aromatic carbocycles. The van der Waals surface area contributed by atoms with E-state index in [2.05, 4.69) is 15.6 Å². The van der Waals surface area contributed by atoms with Crippen molar-refractivity contribution in [1.82, 2.24) is 15.6 Å². The lowest BCUT2D eigenvalue weighted by molar-refractivity contribution is -0.192. The van der Waals surface area contributed by atoms with Crippen molar-refractivity contribution in [3.05, 3.63) is 53.4 Å². The first-order chi connectivity index (χ1) is 16.0. The molecule has 34 heavy (non-hydrogen) atoms. The van der Waals surface area contributed by atoms with Gasteiger partial charge < -0.3 is 25.2 Å². The van der Waals surface area contributed by atoms with Gasteiger partial charge in [0, 0.05) is 24.4 Å². The molecule has 0 bridgehead atoms. The third kappa shape index (κ3) is 8.14. The van der Waals surface area contributed by atoms with Gasteiger partial charge in [0.15, 0.2) is 11.6 Å². The minimum atomic E-state index is -5.08. The number of carboxylic acids is 1. The van der Waals surface area contributed by atoms with Crippen LogP contribution in [-0.4, -0.2) is 47.8 Å². The highest BCUT2D eigenvalue weighted by atomic mass is 19.4. The minimum absolute atomic E-state index is 0.0110. The van der Waals surface area contributed by atoms with Crippen LogP contribution in [0.4, 0.5) is 22.0 Å². The molecule has 13 heteroatoms. The van der Waals surface area contributed by atoms with Gasteiger partial charge in [0.05, 0.1) is 13.2 Å². The summed E-state index contributed by atoms with van der Waals surface area (Å²) < 4.78 is 69.9. The average Bonchev–Trinajstić information content (AvgIpc) is 3.31. The molecule has 1 atom stereocenters. The smallest absolute Gasteiger partial charge is 0.490 e. The second kappa shape index (κ2) is 12.1. The second-order valence-electron chi connectivity index (χ2n) is 7.04. The van der Waals surface area contributed by atoms with Gasteiger partial charge in [0.1, 0.15) is 12.4 Å². The Bertz CT molecular complexity index is 997. The Kier molecular flexibility index (Phi) is 9.54. The number of ether oxygens (including phenoxy) is 2. The van der Waals surface area contributed by atoms with Gasteiger partial charge in [0.25, 0.3) is 0 Å². The zero-order chi connectivity index (χ0) is 25.3. The lowest BCUT2D eigenvalue weighted by Crippen LogP contribution is -2.40. The molecule has 2 aromatic rings. The molecule has 186 valence electrons. The lowest BCUT2D eigenvalue weighted by Gasteiger charge is -2.15. The van der Waals surface area contributed by atoms with Crippen molar-refractivity contribution in [2.45, 2.75) is 38.2 Å². The fourth-order valence-electron chi connectivity index (χ4n) is 2.92. The highest BCUT2D eigenvalue weighted by Crippen LogP contribution is 2.29. The highest BCUT2D eigenvalue weighted by molar-refractivity contribution is 5.82. The number of aromatic nitrogens is 1. The van der Waals surface area contributed by atoms with Crippen LogP contribution in [0.1, 0.15) is 24.0 Å². The molecule has 0 radical (unpaired) electrons. The van der Waals surface area contributed by atoms with Crippen LogP contribution in [0.2, 0.25) is 0 Å². The van der Waals surface area contributed by atoms with Crippen molar-refractivity contribution in [3.63, 3.8) is 0 Å². The van der Waals surface area contributed by atoms with E-state index in [4.69, 9.17) is 19.4 Å². The van der Waals surface area contributed by atoms with Gasteiger partial charge in [-0.2, -0.15) is 17.6 Å². The maximum absolute atomic E-state index is 14.4. The number of benzene rings is 1.